The van der Waals surface area contributed by atoms with Gasteiger partial charge in [0.1, 0.15) is 6.61 Å². The molecule has 0 rings (SSSR count). The molecule has 0 spiro atoms. The fourth-order valence-electron chi connectivity index (χ4n) is 11.9. The second kappa shape index (κ2) is 85.1. The summed E-state index contributed by atoms with van der Waals surface area (Å²) in [4.78, 5) is 96.6. The molecule has 2 amide bonds. The van der Waals surface area contributed by atoms with Gasteiger partial charge < -0.3 is 87.3 Å². The molecule has 0 aromatic heterocycles. The summed E-state index contributed by atoms with van der Waals surface area (Å²) in [6.45, 7) is 28.3. The van der Waals surface area contributed by atoms with Gasteiger partial charge in [-0.05, 0) is 38.6 Å². The summed E-state index contributed by atoms with van der Waals surface area (Å²) in [7, 11) is 1.60. The maximum absolute atomic E-state index is 14.7. The highest BCUT2D eigenvalue weighted by Gasteiger charge is 2.49. The number of hydrogen-bond acceptors (Lipinski definition) is 22. The van der Waals surface area contributed by atoms with Gasteiger partial charge in [-0.25, -0.2) is 0 Å². The van der Waals surface area contributed by atoms with Crippen molar-refractivity contribution in [3.63, 3.8) is 0 Å². The van der Waals surface area contributed by atoms with Gasteiger partial charge in [0, 0.05) is 157 Å². The smallest absolute Gasteiger partial charge is 0.306 e. The highest BCUT2D eigenvalue weighted by molar-refractivity contribution is 5.88. The molecular formula is C82H165N11O13. The first-order valence-corrected chi connectivity index (χ1v) is 43.2. The third kappa shape index (κ3) is 72.9. The van der Waals surface area contributed by atoms with Crippen molar-refractivity contribution < 1.29 is 62.0 Å². The Morgan fingerprint density at radius 3 is 0.877 bits per heavy atom. The molecule has 4 unspecified atom stereocenters. The largest absolute Gasteiger partial charge is 0.454 e. The molecule has 0 aliphatic heterocycles. The zero-order chi connectivity index (χ0) is 77.9. The number of ketones is 1. The zero-order valence-electron chi connectivity index (χ0n) is 68.9. The van der Waals surface area contributed by atoms with Crippen molar-refractivity contribution in [1.82, 2.24) is 53.2 Å². The van der Waals surface area contributed by atoms with E-state index in [0.29, 0.717) is 71.6 Å². The van der Waals surface area contributed by atoms with Crippen LogP contribution in [0.15, 0.2) is 0 Å². The third-order valence-electron chi connectivity index (χ3n) is 18.3. The van der Waals surface area contributed by atoms with Crippen molar-refractivity contribution in [2.75, 3.05) is 151 Å². The van der Waals surface area contributed by atoms with Crippen molar-refractivity contribution in [3.05, 3.63) is 0 Å². The maximum atomic E-state index is 14.7. The average Bonchev–Trinajstić information content (AvgIpc) is 0.808. The highest BCUT2D eigenvalue weighted by atomic mass is 16.6. The van der Waals surface area contributed by atoms with E-state index in [0.717, 1.165) is 188 Å². The Morgan fingerprint density at radius 2 is 0.566 bits per heavy atom. The van der Waals surface area contributed by atoms with Gasteiger partial charge in [0.15, 0.2) is 18.0 Å². The number of amides is 2. The van der Waals surface area contributed by atoms with Crippen LogP contribution in [0.25, 0.3) is 0 Å². The molecule has 0 saturated carbocycles. The lowest BCUT2D eigenvalue weighted by atomic mass is 9.96. The van der Waals surface area contributed by atoms with Crippen molar-refractivity contribution in [3.8, 4) is 0 Å². The van der Waals surface area contributed by atoms with Crippen LogP contribution in [0, 0.1) is 0 Å². The van der Waals surface area contributed by atoms with Gasteiger partial charge >= 0.3 is 23.9 Å². The topological polar surface area (TPSA) is 321 Å². The Bertz CT molecular complexity index is 1970. The number of carbonyl (C=O) groups excluding carboxylic acids is 7. The Labute approximate surface area is 646 Å². The van der Waals surface area contributed by atoms with Crippen LogP contribution in [0.4, 0.5) is 0 Å². The van der Waals surface area contributed by atoms with Crippen LogP contribution in [0.5, 0.6) is 0 Å². The van der Waals surface area contributed by atoms with E-state index in [2.05, 4.69) is 87.8 Å². The molecule has 4 atom stereocenters. The number of unbranched alkanes of at least 4 members (excludes halogenated alkanes) is 32. The predicted octanol–water partition coefficient (Wildman–Crippen LogP) is 11.3. The summed E-state index contributed by atoms with van der Waals surface area (Å²) in [6, 6.07) is 0. The predicted molar refractivity (Wildman–Crippen MR) is 433 cm³/mol. The highest BCUT2D eigenvalue weighted by Crippen LogP contribution is 2.25. The molecule has 626 valence electrons. The summed E-state index contributed by atoms with van der Waals surface area (Å²) in [5, 5.41) is 32.4. The lowest BCUT2D eigenvalue weighted by molar-refractivity contribution is -0.202. The average molecular weight is 1510 g/mol. The van der Waals surface area contributed by atoms with E-state index in [4.69, 9.17) is 34.2 Å². The van der Waals surface area contributed by atoms with Crippen LogP contribution < -0.4 is 58.9 Å². The third-order valence-corrected chi connectivity index (χ3v) is 18.3. The van der Waals surface area contributed by atoms with Gasteiger partial charge in [-0.15, -0.1) is 0 Å². The number of methoxy groups -OCH3 is 1. The Hall–Kier alpha value is -3.95. The van der Waals surface area contributed by atoms with E-state index < -0.39 is 60.0 Å². The fourth-order valence-corrected chi connectivity index (χ4v) is 11.9. The molecule has 0 aromatic rings. The van der Waals surface area contributed by atoms with Gasteiger partial charge in [-0.3, -0.25) is 33.6 Å². The molecule has 24 heteroatoms. The first-order valence-electron chi connectivity index (χ1n) is 43.2. The first-order chi connectivity index (χ1) is 51.9. The maximum Gasteiger partial charge on any atom is 0.306 e. The van der Waals surface area contributed by atoms with Crippen molar-refractivity contribution in [2.45, 2.75) is 336 Å². The molecule has 0 saturated heterocycles. The summed E-state index contributed by atoms with van der Waals surface area (Å²) in [5.74, 6) is -4.18. The number of ether oxygens (including phenoxy) is 6. The number of carbonyl (C=O) groups is 7. The van der Waals surface area contributed by atoms with Crippen molar-refractivity contribution >= 4 is 41.5 Å². The lowest BCUT2D eigenvalue weighted by Gasteiger charge is -2.35. The van der Waals surface area contributed by atoms with E-state index in [-0.39, 0.29) is 51.2 Å². The van der Waals surface area contributed by atoms with E-state index in [1.165, 1.54) is 109 Å². The molecule has 0 aliphatic rings. The molecule has 0 heterocycles. The van der Waals surface area contributed by atoms with Gasteiger partial charge in [0.05, 0.1) is 13.2 Å². The number of nitrogens with one attached hydrogen (secondary N) is 10. The van der Waals surface area contributed by atoms with Crippen LogP contribution in [-0.4, -0.2) is 217 Å². The molecule has 0 aromatic carbocycles. The van der Waals surface area contributed by atoms with E-state index in [1.54, 1.807) is 14.0 Å². The number of hydrogen-bond donors (Lipinski definition) is 11. The molecule has 106 heavy (non-hydrogen) atoms. The molecule has 24 nitrogen and oxygen atoms in total. The molecule has 0 fully saturated rings. The molecule has 0 radical (unpaired) electrons. The second-order valence-electron chi connectivity index (χ2n) is 28.3. The van der Waals surface area contributed by atoms with Gasteiger partial charge in [-0.2, -0.15) is 0 Å². The monoisotopic (exact) mass is 1510 g/mol. The zero-order valence-corrected chi connectivity index (χ0v) is 68.9. The number of esters is 4. The summed E-state index contributed by atoms with van der Waals surface area (Å²) >= 11 is 0. The standard InChI is InChI=1S/C66H128N6O10.C16H37N5O3/c1-6-11-15-19-23-27-31-35-39-43-58(74)79-62(57(73)10-5)63(80-59(75)44-40-36-32-28-24-20-16-12-7-2)64(81-60(76)45-41-37-33-29-25-21-17-13-8-3)65(82-61(77)46-42-38-34-30-26-22-18-14-9-4)66(78)72-56-55-71-54-53-70-52-51-69-50-49-68-48-47-67;1-3-4-17-5-6-18-7-8-19-9-10-20-11-12-21-16(22)15-24-14-13-23-2/h62-65,68-71H,6-56,67H2,1-5H3,(H,72,78);17-20H,3-15H2,1-2H3,(H,21,22). The normalized spacial score (nSPS) is 12.4. The van der Waals surface area contributed by atoms with Gasteiger partial charge in [0.2, 0.25) is 18.1 Å². The molecular weight excluding hydrogens is 1350 g/mol. The Kier molecular flexibility index (Phi) is 83.5. The second-order valence-corrected chi connectivity index (χ2v) is 28.3. The quantitative estimate of drug-likeness (QED) is 0.0153. The molecule has 0 aliphatic carbocycles. The summed E-state index contributed by atoms with van der Waals surface area (Å²) in [5.41, 5.74) is 5.54. The van der Waals surface area contributed by atoms with Crippen LogP contribution in [-0.2, 0) is 62.0 Å². The first kappa shape index (κ1) is 104. The van der Waals surface area contributed by atoms with Crippen LogP contribution in [0.3, 0.4) is 0 Å². The number of Topliss-reactive ketones (excluding diaryl/α,β-unsaturated/α-hetero) is 1. The van der Waals surface area contributed by atoms with Crippen molar-refractivity contribution in [2.24, 2.45) is 5.73 Å². The minimum Gasteiger partial charge on any atom is -0.454 e. The number of rotatable bonds is 83. The van der Waals surface area contributed by atoms with E-state index in [1.807, 2.05) is 0 Å². The Morgan fingerprint density at radius 1 is 0.292 bits per heavy atom. The van der Waals surface area contributed by atoms with Crippen LogP contribution in [0.2, 0.25) is 0 Å². The van der Waals surface area contributed by atoms with E-state index in [9.17, 15) is 33.6 Å². The van der Waals surface area contributed by atoms with Crippen LogP contribution >= 0.6 is 0 Å². The fraction of sp³-hybridized carbons (Fsp3) is 0.915. The minimum atomic E-state index is -1.84. The summed E-state index contributed by atoms with van der Waals surface area (Å²) < 4.78 is 34.7. The molecule has 0 bridgehead atoms. The van der Waals surface area contributed by atoms with Gasteiger partial charge in [0.25, 0.3) is 5.91 Å². The Balaban J connectivity index is 0. The lowest BCUT2D eigenvalue weighted by Crippen LogP contribution is -2.58. The van der Waals surface area contributed by atoms with E-state index >= 15 is 0 Å². The van der Waals surface area contributed by atoms with Crippen LogP contribution in [0.1, 0.15) is 311 Å². The number of nitrogens with two attached hydrogens (primary N) is 1. The van der Waals surface area contributed by atoms with Gasteiger partial charge in [-0.1, -0.05) is 247 Å². The van der Waals surface area contributed by atoms with Crippen molar-refractivity contribution in [1.29, 1.82) is 0 Å². The SMILES string of the molecule is CCCCCCCCCCCC(=O)OC(C(=O)CC)C(OC(=O)CCCCCCCCCCC)C(OC(=O)CCCCCCCCCCC)C(OC(=O)CCCCCCCCCCC)C(=O)NCCNCCNCCNCCNCCN.CCCNCCNCCNCCNCCNC(=O)COCCOC. The molecule has 12 N–H and O–H groups in total. The minimum absolute atomic E-state index is 0.00206. The summed E-state index contributed by atoms with van der Waals surface area (Å²) in [6.07, 6.45) is 31.0.